The van der Waals surface area contributed by atoms with Crippen LogP contribution in [0.4, 0.5) is 0 Å². The summed E-state index contributed by atoms with van der Waals surface area (Å²) in [4.78, 5) is 40.2. The molecule has 4 rings (SSSR count). The van der Waals surface area contributed by atoms with Crippen LogP contribution < -0.4 is 11.5 Å². The molecule has 0 unspecified atom stereocenters. The first-order valence-corrected chi connectivity index (χ1v) is 10.5. The van der Waals surface area contributed by atoms with Gasteiger partial charge in [0.2, 0.25) is 5.78 Å². The van der Waals surface area contributed by atoms with Crippen LogP contribution in [0.1, 0.15) is 29.3 Å². The van der Waals surface area contributed by atoms with Gasteiger partial charge in [-0.2, -0.15) is 0 Å². The molecule has 33 heavy (non-hydrogen) atoms. The molecule has 1 aromatic rings. The molecule has 0 spiro atoms. The minimum absolute atomic E-state index is 0.00212. The number of phenolic OH excluding ortho intramolecular Hbond substituents is 1. The van der Waals surface area contributed by atoms with E-state index >= 15 is 0 Å². The number of aromatic hydroxyl groups is 1. The highest BCUT2D eigenvalue weighted by molar-refractivity contribution is 6.33. The molecule has 10 nitrogen and oxygen atoms in total. The number of hydrogen-bond donors (Lipinski definition) is 6. The van der Waals surface area contributed by atoms with Gasteiger partial charge in [0, 0.05) is 28.0 Å². The molecule has 1 aromatic carbocycles. The Morgan fingerprint density at radius 3 is 2.36 bits per heavy atom. The van der Waals surface area contributed by atoms with Gasteiger partial charge < -0.3 is 31.9 Å². The lowest BCUT2D eigenvalue weighted by molar-refractivity contribution is -0.146. The van der Waals surface area contributed by atoms with Gasteiger partial charge in [-0.05, 0) is 39.6 Å². The Morgan fingerprint density at radius 1 is 1.21 bits per heavy atom. The molecule has 11 heteroatoms. The second kappa shape index (κ2) is 7.04. The zero-order chi connectivity index (χ0) is 24.8. The van der Waals surface area contributed by atoms with Crippen molar-refractivity contribution in [2.24, 2.45) is 23.3 Å². The molecular formula is C22H24ClN3O7. The number of aliphatic hydroxyl groups excluding tert-OH is 1. The number of nitrogens with zero attached hydrogens (tertiary/aromatic N) is 1. The standard InChI is InChI=1S/C22H24ClN3O7/c1-21(32)7-6-8-15(26(2)3)17(29)13(20(25)31)19(30)22(8,33)18(24)11(7)16(28)12-10(27)5-4-9(23)14(12)21/h4-5,7-8,15,27,29,32-33H,6,24H2,1-3H3,(H2,25,31)/t7-,8-,15-,21-,22-/m0/s1. The van der Waals surface area contributed by atoms with E-state index in [9.17, 15) is 34.8 Å². The molecule has 1 amide bonds. The quantitative estimate of drug-likeness (QED) is 0.314. The number of primary amides is 1. The molecular weight excluding hydrogens is 454 g/mol. The number of benzene rings is 1. The van der Waals surface area contributed by atoms with Gasteiger partial charge >= 0.3 is 0 Å². The van der Waals surface area contributed by atoms with Crippen molar-refractivity contribution in [1.29, 1.82) is 0 Å². The number of fused-ring (bicyclic) bond motifs is 3. The van der Waals surface area contributed by atoms with Crippen molar-refractivity contribution in [3.05, 3.63) is 50.9 Å². The number of aliphatic hydroxyl groups is 3. The summed E-state index contributed by atoms with van der Waals surface area (Å²) in [5.74, 6) is -6.56. The van der Waals surface area contributed by atoms with Crippen LogP contribution in [0.15, 0.2) is 34.7 Å². The lowest BCUT2D eigenvalue weighted by Crippen LogP contribution is -2.66. The van der Waals surface area contributed by atoms with E-state index < -0.39 is 69.3 Å². The van der Waals surface area contributed by atoms with Gasteiger partial charge in [-0.1, -0.05) is 11.6 Å². The van der Waals surface area contributed by atoms with Crippen molar-refractivity contribution in [2.45, 2.75) is 30.6 Å². The Balaban J connectivity index is 2.07. The maximum atomic E-state index is 13.5. The van der Waals surface area contributed by atoms with Gasteiger partial charge in [-0.3, -0.25) is 19.3 Å². The monoisotopic (exact) mass is 477 g/mol. The van der Waals surface area contributed by atoms with Crippen LogP contribution >= 0.6 is 11.6 Å². The summed E-state index contributed by atoms with van der Waals surface area (Å²) in [7, 11) is 3.11. The number of phenols is 1. The van der Waals surface area contributed by atoms with E-state index in [1.54, 1.807) is 14.1 Å². The highest BCUT2D eigenvalue weighted by atomic mass is 35.5. The number of rotatable bonds is 2. The van der Waals surface area contributed by atoms with Crippen LogP contribution in [-0.4, -0.2) is 68.5 Å². The Bertz CT molecular complexity index is 1200. The lowest BCUT2D eigenvalue weighted by atomic mass is 9.55. The summed E-state index contributed by atoms with van der Waals surface area (Å²) >= 11 is 6.29. The SMILES string of the molecule is CN(C)[C@@H]1C(O)=C(C(N)=O)C(=O)[C@@]2(O)C(N)=C3C(=O)c4c(O)ccc(Cl)c4[C@@](C)(O)[C@H]3C[C@@H]12. The third-order valence-electron chi connectivity index (χ3n) is 7.16. The van der Waals surface area contributed by atoms with Crippen molar-refractivity contribution in [1.82, 2.24) is 4.90 Å². The minimum atomic E-state index is -2.56. The first-order valence-electron chi connectivity index (χ1n) is 10.1. The lowest BCUT2D eigenvalue weighted by Gasteiger charge is -2.53. The fraction of sp³-hybridized carbons (Fsp3) is 0.409. The van der Waals surface area contributed by atoms with Crippen LogP contribution in [-0.2, 0) is 15.2 Å². The van der Waals surface area contributed by atoms with Crippen LogP contribution in [0.5, 0.6) is 5.75 Å². The topological polar surface area (TPSA) is 187 Å². The van der Waals surface area contributed by atoms with Crippen LogP contribution in [0.25, 0.3) is 0 Å². The first kappa shape index (κ1) is 23.2. The van der Waals surface area contributed by atoms with E-state index in [1.165, 1.54) is 24.0 Å². The van der Waals surface area contributed by atoms with Gasteiger partial charge in [0.05, 0.1) is 22.9 Å². The maximum Gasteiger partial charge on any atom is 0.255 e. The maximum absolute atomic E-state index is 13.5. The summed E-state index contributed by atoms with van der Waals surface area (Å²) < 4.78 is 0. The third kappa shape index (κ3) is 2.75. The number of Topliss-reactive ketones (excluding diaryl/α,β-unsaturated/α-hetero) is 2. The molecule has 0 bridgehead atoms. The molecule has 3 aliphatic carbocycles. The Morgan fingerprint density at radius 2 is 1.82 bits per heavy atom. The zero-order valence-corrected chi connectivity index (χ0v) is 18.8. The predicted molar refractivity (Wildman–Crippen MR) is 116 cm³/mol. The van der Waals surface area contributed by atoms with E-state index in [4.69, 9.17) is 23.1 Å². The summed E-state index contributed by atoms with van der Waals surface area (Å²) in [6.07, 6.45) is -0.179. The largest absolute Gasteiger partial charge is 0.510 e. The Hall–Kier alpha value is -2.92. The van der Waals surface area contributed by atoms with Crippen LogP contribution in [0.3, 0.4) is 0 Å². The second-order valence-electron chi connectivity index (χ2n) is 9.14. The fourth-order valence-corrected chi connectivity index (χ4v) is 6.01. The molecule has 5 atom stereocenters. The summed E-state index contributed by atoms with van der Waals surface area (Å²) in [5.41, 5.74) is 5.29. The average Bonchev–Trinajstić information content (AvgIpc) is 2.69. The average molecular weight is 478 g/mol. The van der Waals surface area contributed by atoms with Crippen molar-refractivity contribution < 1.29 is 34.8 Å². The number of halogens is 1. The van der Waals surface area contributed by atoms with Gasteiger partial charge in [0.25, 0.3) is 5.91 Å². The predicted octanol–water partition coefficient (Wildman–Crippen LogP) is -0.160. The van der Waals surface area contributed by atoms with Gasteiger partial charge in [-0.15, -0.1) is 0 Å². The fourth-order valence-electron chi connectivity index (χ4n) is 5.66. The van der Waals surface area contributed by atoms with Crippen LogP contribution in [0, 0.1) is 11.8 Å². The van der Waals surface area contributed by atoms with Crippen molar-refractivity contribution >= 4 is 29.1 Å². The highest BCUT2D eigenvalue weighted by Crippen LogP contribution is 2.57. The van der Waals surface area contributed by atoms with Gasteiger partial charge in [-0.25, -0.2) is 0 Å². The molecule has 3 aliphatic rings. The summed E-state index contributed by atoms with van der Waals surface area (Å²) in [5, 5.41) is 44.4. The van der Waals surface area contributed by atoms with E-state index in [0.29, 0.717) is 0 Å². The molecule has 0 aliphatic heterocycles. The highest BCUT2D eigenvalue weighted by Gasteiger charge is 2.64. The van der Waals surface area contributed by atoms with Gasteiger partial charge in [0.1, 0.15) is 17.1 Å². The molecule has 0 heterocycles. The number of likely N-dealkylation sites (N-methyl/N-ethyl adjacent to an activating group) is 1. The molecule has 0 fully saturated rings. The minimum Gasteiger partial charge on any atom is -0.510 e. The smallest absolute Gasteiger partial charge is 0.255 e. The number of carbonyl (C=O) groups is 3. The normalized spacial score (nSPS) is 33.7. The molecule has 0 saturated heterocycles. The number of hydrogen-bond acceptors (Lipinski definition) is 9. The summed E-state index contributed by atoms with van der Waals surface area (Å²) in [6.45, 7) is 1.39. The first-order chi connectivity index (χ1) is 15.2. The number of carbonyl (C=O) groups excluding carboxylic acids is 3. The van der Waals surface area contributed by atoms with E-state index in [2.05, 4.69) is 0 Å². The van der Waals surface area contributed by atoms with E-state index in [-0.39, 0.29) is 28.1 Å². The van der Waals surface area contributed by atoms with E-state index in [1.807, 2.05) is 0 Å². The van der Waals surface area contributed by atoms with Crippen molar-refractivity contribution in [3.8, 4) is 5.75 Å². The number of nitrogens with two attached hydrogens (primary N) is 2. The second-order valence-corrected chi connectivity index (χ2v) is 9.55. The van der Waals surface area contributed by atoms with Crippen molar-refractivity contribution in [2.75, 3.05) is 14.1 Å². The van der Waals surface area contributed by atoms with E-state index in [0.717, 1.165) is 0 Å². The number of ketones is 2. The molecule has 8 N–H and O–H groups in total. The summed E-state index contributed by atoms with van der Waals surface area (Å²) in [6, 6.07) is 1.45. The Kier molecular flexibility index (Phi) is 4.96. The molecule has 0 aromatic heterocycles. The third-order valence-corrected chi connectivity index (χ3v) is 7.47. The van der Waals surface area contributed by atoms with Crippen LogP contribution in [0.2, 0.25) is 5.02 Å². The zero-order valence-electron chi connectivity index (χ0n) is 18.1. The molecule has 0 radical (unpaired) electrons. The molecule has 0 saturated carbocycles. The molecule has 176 valence electrons. The number of amides is 1. The van der Waals surface area contributed by atoms with Crippen molar-refractivity contribution in [3.63, 3.8) is 0 Å². The Labute approximate surface area is 193 Å². The van der Waals surface area contributed by atoms with Gasteiger partial charge in [0.15, 0.2) is 11.4 Å².